The van der Waals surface area contributed by atoms with E-state index in [2.05, 4.69) is 5.32 Å². The number of aliphatic hydroxyl groups is 1. The monoisotopic (exact) mass is 253 g/mol. The first-order chi connectivity index (χ1) is 8.78. The topological polar surface area (TPSA) is 60.0 Å². The van der Waals surface area contributed by atoms with Gasteiger partial charge >= 0.3 is 0 Å². The van der Waals surface area contributed by atoms with Crippen LogP contribution in [0.15, 0.2) is 12.1 Å². The van der Waals surface area contributed by atoms with Crippen LogP contribution in [0.3, 0.4) is 0 Å². The highest BCUT2D eigenvalue weighted by Gasteiger charge is 2.20. The fraction of sp³-hybridized carbons (Fsp3) is 0.538. The van der Waals surface area contributed by atoms with Gasteiger partial charge in [-0.3, -0.25) is 0 Å². The zero-order valence-corrected chi connectivity index (χ0v) is 10.7. The molecule has 1 aromatic carbocycles. The number of benzene rings is 1. The average molecular weight is 253 g/mol. The number of rotatable bonds is 6. The molecule has 5 heteroatoms. The molecule has 0 saturated heterocycles. The summed E-state index contributed by atoms with van der Waals surface area (Å²) in [7, 11) is 1.61. The first-order valence-electron chi connectivity index (χ1n) is 6.09. The summed E-state index contributed by atoms with van der Waals surface area (Å²) in [6.45, 7) is 3.06. The summed E-state index contributed by atoms with van der Waals surface area (Å²) in [6, 6.07) is 3.97. The minimum atomic E-state index is 0.112. The van der Waals surface area contributed by atoms with Gasteiger partial charge in [0, 0.05) is 12.6 Å². The smallest absolute Gasteiger partial charge is 0.231 e. The maximum atomic E-state index is 9.13. The zero-order chi connectivity index (χ0) is 13.0. The van der Waals surface area contributed by atoms with Gasteiger partial charge in [0.25, 0.3) is 0 Å². The molecule has 0 unspecified atom stereocenters. The Labute approximate surface area is 107 Å². The van der Waals surface area contributed by atoms with E-state index in [4.69, 9.17) is 19.3 Å². The van der Waals surface area contributed by atoms with Gasteiger partial charge < -0.3 is 24.6 Å². The quantitative estimate of drug-likeness (QED) is 0.800. The van der Waals surface area contributed by atoms with Crippen LogP contribution in [0.1, 0.15) is 18.9 Å². The molecule has 0 radical (unpaired) electrons. The Morgan fingerprint density at radius 3 is 2.94 bits per heavy atom. The SMILES string of the molecule is CC[C@@H](CO)NCc1cc(OC)c2c(c1)OCO2. The standard InChI is InChI=1S/C13H19NO4/c1-3-10(7-15)14-6-9-4-11(16-2)13-12(5-9)17-8-18-13/h4-5,10,14-15H,3,6-8H2,1-2H3/t10-/m0/s1. The van der Waals surface area contributed by atoms with Crippen LogP contribution in [-0.4, -0.2) is 31.7 Å². The van der Waals surface area contributed by atoms with Crippen molar-refractivity contribution in [3.63, 3.8) is 0 Å². The Bertz CT molecular complexity index is 404. The van der Waals surface area contributed by atoms with Crippen LogP contribution in [-0.2, 0) is 6.54 Å². The van der Waals surface area contributed by atoms with Gasteiger partial charge in [-0.15, -0.1) is 0 Å². The van der Waals surface area contributed by atoms with E-state index in [9.17, 15) is 0 Å². The van der Waals surface area contributed by atoms with E-state index in [1.165, 1.54) is 0 Å². The summed E-state index contributed by atoms with van der Waals surface area (Å²) < 4.78 is 16.0. The summed E-state index contributed by atoms with van der Waals surface area (Å²) in [5.74, 6) is 2.05. The second-order valence-corrected chi connectivity index (χ2v) is 4.20. The molecule has 0 aromatic heterocycles. The van der Waals surface area contributed by atoms with Crippen LogP contribution in [0.5, 0.6) is 17.2 Å². The molecule has 5 nitrogen and oxygen atoms in total. The van der Waals surface area contributed by atoms with Crippen molar-refractivity contribution >= 4 is 0 Å². The van der Waals surface area contributed by atoms with Gasteiger partial charge in [0.1, 0.15) is 0 Å². The van der Waals surface area contributed by atoms with Crippen molar-refractivity contribution in [1.82, 2.24) is 5.32 Å². The Morgan fingerprint density at radius 2 is 2.28 bits per heavy atom. The summed E-state index contributed by atoms with van der Waals surface area (Å²) >= 11 is 0. The van der Waals surface area contributed by atoms with Crippen molar-refractivity contribution in [2.24, 2.45) is 0 Å². The highest BCUT2D eigenvalue weighted by molar-refractivity contribution is 5.55. The molecule has 0 amide bonds. The molecule has 0 fully saturated rings. The number of nitrogens with one attached hydrogen (secondary N) is 1. The fourth-order valence-electron chi connectivity index (χ4n) is 1.89. The Balaban J connectivity index is 2.09. The third kappa shape index (κ3) is 2.68. The van der Waals surface area contributed by atoms with E-state index in [0.29, 0.717) is 23.8 Å². The number of ether oxygens (including phenoxy) is 3. The molecular weight excluding hydrogens is 234 g/mol. The molecule has 2 N–H and O–H groups in total. The molecule has 1 aliphatic rings. The predicted octanol–water partition coefficient (Wildman–Crippen LogP) is 1.28. The molecule has 100 valence electrons. The lowest BCUT2D eigenvalue weighted by Gasteiger charge is -2.14. The number of aliphatic hydroxyl groups excluding tert-OH is 1. The van der Waals surface area contributed by atoms with Crippen molar-refractivity contribution in [3.05, 3.63) is 17.7 Å². The Hall–Kier alpha value is -1.46. The summed E-state index contributed by atoms with van der Waals surface area (Å²) in [5.41, 5.74) is 1.04. The summed E-state index contributed by atoms with van der Waals surface area (Å²) in [6.07, 6.45) is 0.887. The summed E-state index contributed by atoms with van der Waals surface area (Å²) in [5, 5.41) is 12.4. The van der Waals surface area contributed by atoms with Gasteiger partial charge in [-0.2, -0.15) is 0 Å². The van der Waals surface area contributed by atoms with Crippen molar-refractivity contribution in [2.75, 3.05) is 20.5 Å². The molecule has 1 aromatic rings. The fourth-order valence-corrected chi connectivity index (χ4v) is 1.89. The number of fused-ring (bicyclic) bond motifs is 1. The second-order valence-electron chi connectivity index (χ2n) is 4.20. The van der Waals surface area contributed by atoms with Crippen LogP contribution >= 0.6 is 0 Å². The first-order valence-corrected chi connectivity index (χ1v) is 6.09. The zero-order valence-electron chi connectivity index (χ0n) is 10.7. The maximum absolute atomic E-state index is 9.13. The van der Waals surface area contributed by atoms with E-state index in [1.54, 1.807) is 7.11 Å². The molecule has 2 rings (SSSR count). The molecule has 0 spiro atoms. The normalized spacial score (nSPS) is 14.6. The molecule has 1 atom stereocenters. The van der Waals surface area contributed by atoms with Crippen LogP contribution in [0.25, 0.3) is 0 Å². The Kier molecular flexibility index (Phi) is 4.28. The Morgan fingerprint density at radius 1 is 1.44 bits per heavy atom. The lowest BCUT2D eigenvalue weighted by atomic mass is 10.1. The lowest BCUT2D eigenvalue weighted by molar-refractivity contribution is 0.171. The number of methoxy groups -OCH3 is 1. The molecule has 18 heavy (non-hydrogen) atoms. The van der Waals surface area contributed by atoms with E-state index in [0.717, 1.165) is 12.0 Å². The van der Waals surface area contributed by atoms with Crippen LogP contribution < -0.4 is 19.5 Å². The molecule has 1 aliphatic heterocycles. The first kappa shape index (κ1) is 13.0. The van der Waals surface area contributed by atoms with Crippen molar-refractivity contribution in [1.29, 1.82) is 0 Å². The highest BCUT2D eigenvalue weighted by atomic mass is 16.7. The van der Waals surface area contributed by atoms with E-state index in [-0.39, 0.29) is 19.4 Å². The molecule has 0 bridgehead atoms. The molecule has 1 heterocycles. The number of hydrogen-bond acceptors (Lipinski definition) is 5. The van der Waals surface area contributed by atoms with Gasteiger partial charge in [0.05, 0.1) is 13.7 Å². The largest absolute Gasteiger partial charge is 0.493 e. The predicted molar refractivity (Wildman–Crippen MR) is 67.1 cm³/mol. The molecule has 0 aliphatic carbocycles. The van der Waals surface area contributed by atoms with Crippen LogP contribution in [0, 0.1) is 0 Å². The second kappa shape index (κ2) is 5.93. The van der Waals surface area contributed by atoms with E-state index in [1.807, 2.05) is 19.1 Å². The highest BCUT2D eigenvalue weighted by Crippen LogP contribution is 2.41. The molecule has 0 saturated carbocycles. The van der Waals surface area contributed by atoms with Gasteiger partial charge in [-0.1, -0.05) is 6.92 Å². The van der Waals surface area contributed by atoms with Crippen molar-refractivity contribution in [2.45, 2.75) is 25.9 Å². The lowest BCUT2D eigenvalue weighted by Crippen LogP contribution is -2.31. The minimum absolute atomic E-state index is 0.112. The van der Waals surface area contributed by atoms with Crippen molar-refractivity contribution < 1.29 is 19.3 Å². The van der Waals surface area contributed by atoms with Gasteiger partial charge in [-0.05, 0) is 24.1 Å². The van der Waals surface area contributed by atoms with Crippen LogP contribution in [0.4, 0.5) is 0 Å². The third-order valence-electron chi connectivity index (χ3n) is 3.03. The van der Waals surface area contributed by atoms with Crippen molar-refractivity contribution in [3.8, 4) is 17.2 Å². The van der Waals surface area contributed by atoms with Crippen LogP contribution in [0.2, 0.25) is 0 Å². The average Bonchev–Trinajstić information content (AvgIpc) is 2.87. The van der Waals surface area contributed by atoms with Gasteiger partial charge in [-0.25, -0.2) is 0 Å². The van der Waals surface area contributed by atoms with E-state index >= 15 is 0 Å². The molecular formula is C13H19NO4. The third-order valence-corrected chi connectivity index (χ3v) is 3.03. The number of hydrogen-bond donors (Lipinski definition) is 2. The van der Waals surface area contributed by atoms with E-state index < -0.39 is 0 Å². The van der Waals surface area contributed by atoms with Gasteiger partial charge in [0.2, 0.25) is 12.5 Å². The van der Waals surface area contributed by atoms with Gasteiger partial charge in [0.15, 0.2) is 11.5 Å². The summed E-state index contributed by atoms with van der Waals surface area (Å²) in [4.78, 5) is 0. The maximum Gasteiger partial charge on any atom is 0.231 e. The minimum Gasteiger partial charge on any atom is -0.493 e.